The largest absolute Gasteiger partial charge is 0.493 e. The molecule has 1 saturated heterocycles. The first-order valence-electron chi connectivity index (χ1n) is 11.6. The minimum atomic E-state index is -0.789. The topological polar surface area (TPSA) is 85.3 Å². The quantitative estimate of drug-likeness (QED) is 0.553. The van der Waals surface area contributed by atoms with Gasteiger partial charge in [-0.3, -0.25) is 9.59 Å². The van der Waals surface area contributed by atoms with Crippen LogP contribution in [0.5, 0.6) is 11.5 Å². The summed E-state index contributed by atoms with van der Waals surface area (Å²) in [6.07, 6.45) is 2.18. The van der Waals surface area contributed by atoms with Crippen molar-refractivity contribution in [2.45, 2.75) is 71.5 Å². The van der Waals surface area contributed by atoms with Gasteiger partial charge in [0, 0.05) is 31.3 Å². The third-order valence-corrected chi connectivity index (χ3v) is 6.89. The summed E-state index contributed by atoms with van der Waals surface area (Å²) in [7, 11) is 1.62. The molecule has 1 aliphatic heterocycles. The Kier molecular flexibility index (Phi) is 7.70. The standard InChI is InChI=1S/C25H37NO6/c1-6-7-22(32-17(3)28)24(29)26-13-20(25(4,15-26)16(2)27)19-10-11-21(30-5)23(12-19)31-14-18-8-9-18/h10-12,16,18,20,22,27H,6-9,13-15H2,1-5H3. The van der Waals surface area contributed by atoms with Crippen LogP contribution in [-0.4, -0.2) is 60.9 Å². The van der Waals surface area contributed by atoms with Crippen molar-refractivity contribution in [1.82, 2.24) is 4.90 Å². The summed E-state index contributed by atoms with van der Waals surface area (Å²) in [5.41, 5.74) is 0.445. The lowest BCUT2D eigenvalue weighted by Gasteiger charge is -2.34. The highest BCUT2D eigenvalue weighted by Gasteiger charge is 2.49. The molecule has 0 bridgehead atoms. The number of nitrogens with zero attached hydrogens (tertiary/aromatic N) is 1. The zero-order valence-electron chi connectivity index (χ0n) is 19.9. The van der Waals surface area contributed by atoms with E-state index in [-0.39, 0.29) is 11.8 Å². The van der Waals surface area contributed by atoms with E-state index in [1.807, 2.05) is 32.0 Å². The van der Waals surface area contributed by atoms with Crippen LogP contribution in [0.1, 0.15) is 64.9 Å². The van der Waals surface area contributed by atoms with Crippen LogP contribution < -0.4 is 9.47 Å². The Hall–Kier alpha value is -2.28. The summed E-state index contributed by atoms with van der Waals surface area (Å²) in [4.78, 5) is 26.5. The second kappa shape index (κ2) is 10.1. The molecule has 1 amide bonds. The van der Waals surface area contributed by atoms with Crippen molar-refractivity contribution < 1.29 is 28.9 Å². The Morgan fingerprint density at radius 3 is 2.56 bits per heavy atom. The van der Waals surface area contributed by atoms with Crippen molar-refractivity contribution in [3.63, 3.8) is 0 Å². The Morgan fingerprint density at radius 1 is 1.28 bits per heavy atom. The molecule has 0 spiro atoms. The van der Waals surface area contributed by atoms with E-state index in [1.54, 1.807) is 18.9 Å². The van der Waals surface area contributed by atoms with Crippen LogP contribution in [0.2, 0.25) is 0 Å². The summed E-state index contributed by atoms with van der Waals surface area (Å²) in [5.74, 6) is 1.23. The molecule has 2 aliphatic rings. The highest BCUT2D eigenvalue weighted by molar-refractivity contribution is 5.84. The normalized spacial score (nSPS) is 24.7. The Bertz CT molecular complexity index is 821. The molecule has 1 N–H and O–H groups in total. The second-order valence-electron chi connectivity index (χ2n) is 9.50. The van der Waals surface area contributed by atoms with Gasteiger partial charge in [0.05, 0.1) is 19.8 Å². The number of aliphatic hydroxyl groups is 1. The van der Waals surface area contributed by atoms with Crippen LogP contribution in [0.15, 0.2) is 18.2 Å². The van der Waals surface area contributed by atoms with E-state index >= 15 is 0 Å². The number of amides is 1. The van der Waals surface area contributed by atoms with E-state index < -0.39 is 23.6 Å². The van der Waals surface area contributed by atoms with Gasteiger partial charge < -0.3 is 24.2 Å². The number of aliphatic hydroxyl groups excluding tert-OH is 1. The van der Waals surface area contributed by atoms with Crippen LogP contribution in [0.3, 0.4) is 0 Å². The summed E-state index contributed by atoms with van der Waals surface area (Å²) < 4.78 is 16.8. The van der Waals surface area contributed by atoms with E-state index in [0.717, 1.165) is 12.0 Å². The molecule has 7 nitrogen and oxygen atoms in total. The number of methoxy groups -OCH3 is 1. The van der Waals surface area contributed by atoms with E-state index in [2.05, 4.69) is 0 Å². The lowest BCUT2D eigenvalue weighted by Crippen LogP contribution is -2.42. The molecule has 1 aliphatic carbocycles. The second-order valence-corrected chi connectivity index (χ2v) is 9.50. The smallest absolute Gasteiger partial charge is 0.303 e. The van der Waals surface area contributed by atoms with Crippen LogP contribution >= 0.6 is 0 Å². The molecule has 4 atom stereocenters. The van der Waals surface area contributed by atoms with Gasteiger partial charge in [0.1, 0.15) is 0 Å². The Morgan fingerprint density at radius 2 is 2.00 bits per heavy atom. The van der Waals surface area contributed by atoms with Crippen molar-refractivity contribution >= 4 is 11.9 Å². The van der Waals surface area contributed by atoms with Crippen LogP contribution in [-0.2, 0) is 14.3 Å². The number of esters is 1. The van der Waals surface area contributed by atoms with Crippen molar-refractivity contribution in [2.24, 2.45) is 11.3 Å². The maximum atomic E-state index is 13.2. The zero-order valence-corrected chi connectivity index (χ0v) is 19.9. The molecule has 178 valence electrons. The fourth-order valence-electron chi connectivity index (χ4n) is 4.51. The monoisotopic (exact) mass is 447 g/mol. The van der Waals surface area contributed by atoms with Crippen molar-refractivity contribution in [2.75, 3.05) is 26.8 Å². The summed E-state index contributed by atoms with van der Waals surface area (Å²) in [6.45, 7) is 8.55. The number of likely N-dealkylation sites (tertiary alicyclic amines) is 1. The molecule has 0 aromatic heterocycles. The number of hydrogen-bond acceptors (Lipinski definition) is 6. The van der Waals surface area contributed by atoms with E-state index in [4.69, 9.17) is 14.2 Å². The number of rotatable bonds is 10. The third kappa shape index (κ3) is 5.37. The molecule has 1 aromatic carbocycles. The van der Waals surface area contributed by atoms with Gasteiger partial charge in [-0.1, -0.05) is 26.3 Å². The molecule has 2 fully saturated rings. The molecule has 4 unspecified atom stereocenters. The molecule has 1 aromatic rings. The summed E-state index contributed by atoms with van der Waals surface area (Å²) >= 11 is 0. The Labute approximate surface area is 191 Å². The average Bonchev–Trinajstić information content (AvgIpc) is 3.51. The van der Waals surface area contributed by atoms with Gasteiger partial charge in [0.2, 0.25) is 0 Å². The molecule has 3 rings (SSSR count). The first-order valence-corrected chi connectivity index (χ1v) is 11.6. The van der Waals surface area contributed by atoms with E-state index in [9.17, 15) is 14.7 Å². The summed E-state index contributed by atoms with van der Waals surface area (Å²) in [5, 5.41) is 10.7. The Balaban J connectivity index is 1.86. The predicted octanol–water partition coefficient (Wildman–Crippen LogP) is 3.53. The maximum Gasteiger partial charge on any atom is 0.303 e. The number of benzene rings is 1. The maximum absolute atomic E-state index is 13.2. The first kappa shape index (κ1) is 24.4. The van der Waals surface area contributed by atoms with Crippen molar-refractivity contribution in [3.8, 4) is 11.5 Å². The third-order valence-electron chi connectivity index (χ3n) is 6.89. The molecule has 1 saturated carbocycles. The van der Waals surface area contributed by atoms with Gasteiger partial charge in [-0.05, 0) is 49.8 Å². The zero-order chi connectivity index (χ0) is 23.5. The minimum Gasteiger partial charge on any atom is -0.493 e. The predicted molar refractivity (Wildman–Crippen MR) is 121 cm³/mol. The average molecular weight is 448 g/mol. The lowest BCUT2D eigenvalue weighted by atomic mass is 9.72. The molecule has 7 heteroatoms. The van der Waals surface area contributed by atoms with Gasteiger partial charge in [0.15, 0.2) is 17.6 Å². The lowest BCUT2D eigenvalue weighted by molar-refractivity contribution is -0.158. The first-order chi connectivity index (χ1) is 15.2. The van der Waals surface area contributed by atoms with Crippen LogP contribution in [0, 0.1) is 11.3 Å². The SMILES string of the molecule is CCCC(OC(C)=O)C(=O)N1CC(c2ccc(OC)c(OCC3CC3)c2)C(C)(C(C)O)C1. The molecule has 32 heavy (non-hydrogen) atoms. The number of carbonyl (C=O) groups is 2. The van der Waals surface area contributed by atoms with E-state index in [0.29, 0.717) is 43.5 Å². The molecule has 1 heterocycles. The van der Waals surface area contributed by atoms with Gasteiger partial charge in [-0.2, -0.15) is 0 Å². The van der Waals surface area contributed by atoms with Gasteiger partial charge in [-0.15, -0.1) is 0 Å². The molecular formula is C25H37NO6. The van der Waals surface area contributed by atoms with Crippen molar-refractivity contribution in [1.29, 1.82) is 0 Å². The highest BCUT2D eigenvalue weighted by Crippen LogP contribution is 2.47. The van der Waals surface area contributed by atoms with Crippen LogP contribution in [0.25, 0.3) is 0 Å². The van der Waals surface area contributed by atoms with Gasteiger partial charge in [0.25, 0.3) is 5.91 Å². The molecular weight excluding hydrogens is 410 g/mol. The molecule has 0 radical (unpaired) electrons. The van der Waals surface area contributed by atoms with E-state index in [1.165, 1.54) is 19.8 Å². The summed E-state index contributed by atoms with van der Waals surface area (Å²) in [6, 6.07) is 5.86. The highest BCUT2D eigenvalue weighted by atomic mass is 16.5. The van der Waals surface area contributed by atoms with Crippen LogP contribution in [0.4, 0.5) is 0 Å². The van der Waals surface area contributed by atoms with Gasteiger partial charge >= 0.3 is 5.97 Å². The number of hydrogen-bond donors (Lipinski definition) is 1. The fourth-order valence-corrected chi connectivity index (χ4v) is 4.51. The van der Waals surface area contributed by atoms with Gasteiger partial charge in [-0.25, -0.2) is 0 Å². The minimum absolute atomic E-state index is 0.0970. The number of ether oxygens (including phenoxy) is 3. The fraction of sp³-hybridized carbons (Fsp3) is 0.680. The van der Waals surface area contributed by atoms with Crippen molar-refractivity contribution in [3.05, 3.63) is 23.8 Å². The number of carbonyl (C=O) groups excluding carboxylic acids is 2.